The highest BCUT2D eigenvalue weighted by Gasteiger charge is 2.17. The number of rotatable bonds is 4. The molecule has 0 aliphatic carbocycles. The number of anilines is 1. The standard InChI is InChI=1S/C11H14FNO3/c1-3-6-16-11(14)7-4-5-8(15-2)9(12)10(7)13/h4-5H,3,6,13H2,1-2H3. The number of hydrogen-bond acceptors (Lipinski definition) is 4. The van der Waals surface area contributed by atoms with Gasteiger partial charge in [-0.25, -0.2) is 9.18 Å². The summed E-state index contributed by atoms with van der Waals surface area (Å²) in [7, 11) is 1.33. The summed E-state index contributed by atoms with van der Waals surface area (Å²) in [4.78, 5) is 11.5. The number of nitrogen functional groups attached to an aromatic ring is 1. The molecule has 5 heteroatoms. The number of benzene rings is 1. The van der Waals surface area contributed by atoms with Crippen LogP contribution in [0.25, 0.3) is 0 Å². The second kappa shape index (κ2) is 5.34. The van der Waals surface area contributed by atoms with Gasteiger partial charge in [0, 0.05) is 0 Å². The van der Waals surface area contributed by atoms with Gasteiger partial charge in [-0.3, -0.25) is 0 Å². The Balaban J connectivity index is 2.98. The Labute approximate surface area is 93.2 Å². The van der Waals surface area contributed by atoms with Crippen molar-refractivity contribution in [1.29, 1.82) is 0 Å². The minimum atomic E-state index is -0.742. The minimum absolute atomic E-state index is 0.00421. The van der Waals surface area contributed by atoms with E-state index in [1.54, 1.807) is 0 Å². The number of hydrogen-bond donors (Lipinski definition) is 1. The van der Waals surface area contributed by atoms with Crippen molar-refractivity contribution in [2.24, 2.45) is 0 Å². The predicted molar refractivity (Wildman–Crippen MR) is 57.9 cm³/mol. The van der Waals surface area contributed by atoms with Crippen LogP contribution in [0.3, 0.4) is 0 Å². The van der Waals surface area contributed by atoms with E-state index in [4.69, 9.17) is 15.2 Å². The van der Waals surface area contributed by atoms with Crippen molar-refractivity contribution in [1.82, 2.24) is 0 Å². The average Bonchev–Trinajstić information content (AvgIpc) is 2.29. The molecular weight excluding hydrogens is 213 g/mol. The molecule has 1 aromatic carbocycles. The Morgan fingerprint density at radius 2 is 2.19 bits per heavy atom. The van der Waals surface area contributed by atoms with Crippen LogP contribution in [0.1, 0.15) is 23.7 Å². The van der Waals surface area contributed by atoms with Crippen LogP contribution in [-0.2, 0) is 4.74 Å². The maximum Gasteiger partial charge on any atom is 0.340 e. The Morgan fingerprint density at radius 1 is 1.50 bits per heavy atom. The van der Waals surface area contributed by atoms with E-state index in [0.29, 0.717) is 6.42 Å². The van der Waals surface area contributed by atoms with E-state index in [-0.39, 0.29) is 23.6 Å². The molecule has 1 aromatic rings. The molecule has 88 valence electrons. The maximum atomic E-state index is 13.5. The fourth-order valence-electron chi connectivity index (χ4n) is 1.18. The SMILES string of the molecule is CCCOC(=O)c1ccc(OC)c(F)c1N. The number of carbonyl (C=O) groups excluding carboxylic acids is 1. The highest BCUT2D eigenvalue weighted by molar-refractivity contribution is 5.95. The van der Waals surface area contributed by atoms with Crippen LogP contribution in [0, 0.1) is 5.82 Å². The molecular formula is C11H14FNO3. The van der Waals surface area contributed by atoms with Crippen LogP contribution >= 0.6 is 0 Å². The lowest BCUT2D eigenvalue weighted by atomic mass is 10.1. The van der Waals surface area contributed by atoms with Gasteiger partial charge in [0.25, 0.3) is 0 Å². The first-order valence-corrected chi connectivity index (χ1v) is 4.90. The van der Waals surface area contributed by atoms with E-state index in [1.807, 2.05) is 6.92 Å². The molecule has 2 N–H and O–H groups in total. The first kappa shape index (κ1) is 12.3. The molecule has 0 saturated heterocycles. The van der Waals surface area contributed by atoms with Crippen molar-refractivity contribution in [2.75, 3.05) is 19.5 Å². The van der Waals surface area contributed by atoms with E-state index >= 15 is 0 Å². The molecule has 0 spiro atoms. The van der Waals surface area contributed by atoms with Crippen LogP contribution in [0.2, 0.25) is 0 Å². The van der Waals surface area contributed by atoms with Gasteiger partial charge in [-0.2, -0.15) is 0 Å². The Kier molecular flexibility index (Phi) is 4.10. The summed E-state index contributed by atoms with van der Waals surface area (Å²) in [6.45, 7) is 2.15. The topological polar surface area (TPSA) is 61.5 Å². The van der Waals surface area contributed by atoms with E-state index in [1.165, 1.54) is 19.2 Å². The summed E-state index contributed by atoms with van der Waals surface area (Å²) in [5, 5.41) is 0. The lowest BCUT2D eigenvalue weighted by molar-refractivity contribution is 0.0506. The Morgan fingerprint density at radius 3 is 2.75 bits per heavy atom. The number of carbonyl (C=O) groups is 1. The maximum absolute atomic E-state index is 13.5. The highest BCUT2D eigenvalue weighted by atomic mass is 19.1. The lowest BCUT2D eigenvalue weighted by Gasteiger charge is -2.09. The van der Waals surface area contributed by atoms with E-state index < -0.39 is 11.8 Å². The molecule has 0 atom stereocenters. The highest BCUT2D eigenvalue weighted by Crippen LogP contribution is 2.26. The second-order valence-electron chi connectivity index (χ2n) is 3.18. The van der Waals surface area contributed by atoms with E-state index in [0.717, 1.165) is 0 Å². The Hall–Kier alpha value is -1.78. The molecule has 0 aliphatic rings. The summed E-state index contributed by atoms with van der Waals surface area (Å²) in [5.74, 6) is -1.36. The zero-order valence-corrected chi connectivity index (χ0v) is 9.25. The Bertz CT molecular complexity index is 393. The summed E-state index contributed by atoms with van der Waals surface area (Å²) in [6.07, 6.45) is 0.699. The van der Waals surface area contributed by atoms with Crippen LogP contribution in [0.15, 0.2) is 12.1 Å². The van der Waals surface area contributed by atoms with Crippen LogP contribution < -0.4 is 10.5 Å². The van der Waals surface area contributed by atoms with Gasteiger partial charge in [-0.05, 0) is 18.6 Å². The minimum Gasteiger partial charge on any atom is -0.494 e. The molecule has 4 nitrogen and oxygen atoms in total. The molecule has 0 bridgehead atoms. The fraction of sp³-hybridized carbons (Fsp3) is 0.364. The van der Waals surface area contributed by atoms with Gasteiger partial charge in [0.2, 0.25) is 0 Å². The molecule has 0 radical (unpaired) electrons. The number of halogens is 1. The van der Waals surface area contributed by atoms with Gasteiger partial charge in [-0.1, -0.05) is 6.92 Å². The molecule has 0 saturated carbocycles. The van der Waals surface area contributed by atoms with Crippen LogP contribution in [0.4, 0.5) is 10.1 Å². The molecule has 0 unspecified atom stereocenters. The van der Waals surface area contributed by atoms with E-state index in [2.05, 4.69) is 0 Å². The van der Waals surface area contributed by atoms with Gasteiger partial charge in [0.15, 0.2) is 11.6 Å². The number of esters is 1. The first-order chi connectivity index (χ1) is 7.61. The van der Waals surface area contributed by atoms with Crippen molar-refractivity contribution in [3.63, 3.8) is 0 Å². The van der Waals surface area contributed by atoms with Crippen molar-refractivity contribution in [3.05, 3.63) is 23.5 Å². The molecule has 0 amide bonds. The third-order valence-electron chi connectivity index (χ3n) is 2.02. The lowest BCUT2D eigenvalue weighted by Crippen LogP contribution is -2.10. The summed E-state index contributed by atoms with van der Waals surface area (Å²) >= 11 is 0. The van der Waals surface area contributed by atoms with E-state index in [9.17, 15) is 9.18 Å². The van der Waals surface area contributed by atoms with Gasteiger partial charge in [-0.15, -0.1) is 0 Å². The van der Waals surface area contributed by atoms with Gasteiger partial charge < -0.3 is 15.2 Å². The van der Waals surface area contributed by atoms with Crippen LogP contribution in [0.5, 0.6) is 5.75 Å². The van der Waals surface area contributed by atoms with Crippen molar-refractivity contribution >= 4 is 11.7 Å². The van der Waals surface area contributed by atoms with Gasteiger partial charge >= 0.3 is 5.97 Å². The zero-order chi connectivity index (χ0) is 12.1. The van der Waals surface area contributed by atoms with Crippen molar-refractivity contribution < 1.29 is 18.7 Å². The zero-order valence-electron chi connectivity index (χ0n) is 9.25. The average molecular weight is 227 g/mol. The monoisotopic (exact) mass is 227 g/mol. The molecule has 0 heterocycles. The fourth-order valence-corrected chi connectivity index (χ4v) is 1.18. The molecule has 1 rings (SSSR count). The third-order valence-corrected chi connectivity index (χ3v) is 2.02. The summed E-state index contributed by atoms with van der Waals surface area (Å²) < 4.78 is 23.1. The van der Waals surface area contributed by atoms with Crippen LogP contribution in [-0.4, -0.2) is 19.7 Å². The van der Waals surface area contributed by atoms with Gasteiger partial charge in [0.05, 0.1) is 25.0 Å². The smallest absolute Gasteiger partial charge is 0.340 e. The molecule has 0 fully saturated rings. The number of ether oxygens (including phenoxy) is 2. The summed E-state index contributed by atoms with van der Waals surface area (Å²) in [6, 6.07) is 2.73. The number of methoxy groups -OCH3 is 1. The molecule has 0 aromatic heterocycles. The summed E-state index contributed by atoms with van der Waals surface area (Å²) in [5.41, 5.74) is 5.25. The quantitative estimate of drug-likeness (QED) is 0.631. The predicted octanol–water partition coefficient (Wildman–Crippen LogP) is 1.98. The van der Waals surface area contributed by atoms with Gasteiger partial charge in [0.1, 0.15) is 0 Å². The first-order valence-electron chi connectivity index (χ1n) is 4.90. The molecule has 16 heavy (non-hydrogen) atoms. The third kappa shape index (κ3) is 2.42. The largest absolute Gasteiger partial charge is 0.494 e. The van der Waals surface area contributed by atoms with Crippen molar-refractivity contribution in [2.45, 2.75) is 13.3 Å². The molecule has 0 aliphatic heterocycles. The second-order valence-corrected chi connectivity index (χ2v) is 3.18. The normalized spacial score (nSPS) is 9.94. The van der Waals surface area contributed by atoms with Crippen molar-refractivity contribution in [3.8, 4) is 5.75 Å². The number of nitrogens with two attached hydrogens (primary N) is 1.